The Labute approximate surface area is 135 Å². The number of ether oxygens (including phenoxy) is 1. The molecule has 2 amide bonds. The molecule has 1 saturated carbocycles. The standard InChI is InChI=1S/C17H23FN2O3/c1-17(2)14(11-7-8-23-15(11)17)20-16(22)19-9-13(21)10-5-3-4-6-12(10)18/h3-6,11,13-15,21H,7-9H2,1-2H3,(H2,19,20,22). The van der Waals surface area contributed by atoms with E-state index >= 15 is 0 Å². The van der Waals surface area contributed by atoms with Crippen LogP contribution in [0.4, 0.5) is 9.18 Å². The molecule has 1 aliphatic heterocycles. The molecule has 3 rings (SSSR count). The van der Waals surface area contributed by atoms with Gasteiger partial charge in [-0.3, -0.25) is 0 Å². The molecule has 1 aromatic rings. The summed E-state index contributed by atoms with van der Waals surface area (Å²) in [5, 5.41) is 15.6. The van der Waals surface area contributed by atoms with Gasteiger partial charge in [-0.15, -0.1) is 0 Å². The maximum atomic E-state index is 13.6. The Morgan fingerprint density at radius 1 is 1.48 bits per heavy atom. The minimum absolute atomic E-state index is 0.0372. The third-order valence-corrected chi connectivity index (χ3v) is 5.11. The van der Waals surface area contributed by atoms with Crippen LogP contribution >= 0.6 is 0 Å². The summed E-state index contributed by atoms with van der Waals surface area (Å²) in [6, 6.07) is 5.72. The number of aliphatic hydroxyl groups is 1. The van der Waals surface area contributed by atoms with Crippen molar-refractivity contribution in [1.82, 2.24) is 10.6 Å². The van der Waals surface area contributed by atoms with Crippen LogP contribution in [-0.2, 0) is 4.74 Å². The monoisotopic (exact) mass is 322 g/mol. The van der Waals surface area contributed by atoms with Crippen LogP contribution in [0.5, 0.6) is 0 Å². The molecule has 6 heteroatoms. The lowest BCUT2D eigenvalue weighted by Crippen LogP contribution is -2.67. The summed E-state index contributed by atoms with van der Waals surface area (Å²) in [5.41, 5.74) is 0.0869. The van der Waals surface area contributed by atoms with Crippen molar-refractivity contribution in [3.63, 3.8) is 0 Å². The summed E-state index contributed by atoms with van der Waals surface area (Å²) in [5.74, 6) is -0.125. The van der Waals surface area contributed by atoms with Crippen LogP contribution in [0, 0.1) is 17.2 Å². The van der Waals surface area contributed by atoms with Gasteiger partial charge < -0.3 is 20.5 Å². The number of rotatable bonds is 4. The zero-order valence-electron chi connectivity index (χ0n) is 13.4. The maximum absolute atomic E-state index is 13.6. The highest BCUT2D eigenvalue weighted by Gasteiger charge is 2.59. The van der Waals surface area contributed by atoms with Crippen LogP contribution in [0.25, 0.3) is 0 Å². The van der Waals surface area contributed by atoms with Gasteiger partial charge >= 0.3 is 6.03 Å². The predicted molar refractivity (Wildman–Crippen MR) is 83.3 cm³/mol. The highest BCUT2D eigenvalue weighted by atomic mass is 19.1. The largest absolute Gasteiger partial charge is 0.386 e. The van der Waals surface area contributed by atoms with Crippen molar-refractivity contribution in [2.45, 2.75) is 38.5 Å². The number of benzene rings is 1. The van der Waals surface area contributed by atoms with Crippen LogP contribution in [-0.4, -0.2) is 36.4 Å². The maximum Gasteiger partial charge on any atom is 0.315 e. The SMILES string of the molecule is CC1(C)C(NC(=O)NCC(O)c2ccccc2F)C2CCOC21. The van der Waals surface area contributed by atoms with E-state index in [1.54, 1.807) is 12.1 Å². The third kappa shape index (κ3) is 2.93. The van der Waals surface area contributed by atoms with Gasteiger partial charge in [0.1, 0.15) is 5.82 Å². The summed E-state index contributed by atoms with van der Waals surface area (Å²) in [6.45, 7) is 4.87. The fourth-order valence-corrected chi connectivity index (χ4v) is 3.85. The molecule has 0 aromatic heterocycles. The second-order valence-electron chi connectivity index (χ2n) is 6.93. The number of carbonyl (C=O) groups is 1. The highest BCUT2D eigenvalue weighted by Crippen LogP contribution is 2.52. The van der Waals surface area contributed by atoms with E-state index in [1.165, 1.54) is 12.1 Å². The van der Waals surface area contributed by atoms with Crippen molar-refractivity contribution >= 4 is 6.03 Å². The second-order valence-corrected chi connectivity index (χ2v) is 6.93. The number of amides is 2. The first kappa shape index (κ1) is 16.2. The first-order chi connectivity index (χ1) is 10.9. The first-order valence-electron chi connectivity index (χ1n) is 7.99. The van der Waals surface area contributed by atoms with Crippen molar-refractivity contribution in [2.75, 3.05) is 13.2 Å². The Balaban J connectivity index is 1.51. The Morgan fingerprint density at radius 3 is 2.96 bits per heavy atom. The number of aliphatic hydroxyl groups excluding tert-OH is 1. The molecule has 1 saturated heterocycles. The fourth-order valence-electron chi connectivity index (χ4n) is 3.85. The summed E-state index contributed by atoms with van der Waals surface area (Å²) in [7, 11) is 0. The van der Waals surface area contributed by atoms with Crippen molar-refractivity contribution in [3.8, 4) is 0 Å². The van der Waals surface area contributed by atoms with Gasteiger partial charge in [0.2, 0.25) is 0 Å². The van der Waals surface area contributed by atoms with Gasteiger partial charge in [0.25, 0.3) is 0 Å². The topological polar surface area (TPSA) is 70.6 Å². The molecule has 1 aromatic carbocycles. The molecule has 126 valence electrons. The van der Waals surface area contributed by atoms with E-state index in [2.05, 4.69) is 24.5 Å². The second kappa shape index (κ2) is 6.09. The molecule has 2 aliphatic rings. The minimum atomic E-state index is -1.07. The van der Waals surface area contributed by atoms with Gasteiger partial charge in [-0.2, -0.15) is 0 Å². The van der Waals surface area contributed by atoms with Crippen LogP contribution in [0.15, 0.2) is 24.3 Å². The van der Waals surface area contributed by atoms with E-state index in [1.807, 2.05) is 0 Å². The average Bonchev–Trinajstić information content (AvgIpc) is 2.98. The van der Waals surface area contributed by atoms with Crippen molar-refractivity contribution in [1.29, 1.82) is 0 Å². The number of urea groups is 1. The van der Waals surface area contributed by atoms with Crippen molar-refractivity contribution < 1.29 is 19.0 Å². The van der Waals surface area contributed by atoms with Crippen LogP contribution in [0.3, 0.4) is 0 Å². The third-order valence-electron chi connectivity index (χ3n) is 5.11. The van der Waals surface area contributed by atoms with E-state index < -0.39 is 11.9 Å². The number of hydrogen-bond donors (Lipinski definition) is 3. The molecule has 2 fully saturated rings. The molecule has 1 aliphatic carbocycles. The van der Waals surface area contributed by atoms with Crippen LogP contribution in [0.2, 0.25) is 0 Å². The van der Waals surface area contributed by atoms with E-state index in [0.717, 1.165) is 13.0 Å². The Morgan fingerprint density at radius 2 is 2.22 bits per heavy atom. The van der Waals surface area contributed by atoms with Crippen LogP contribution < -0.4 is 10.6 Å². The van der Waals surface area contributed by atoms with E-state index in [4.69, 9.17) is 4.74 Å². The first-order valence-corrected chi connectivity index (χ1v) is 7.99. The smallest absolute Gasteiger partial charge is 0.315 e. The van der Waals surface area contributed by atoms with Crippen LogP contribution in [0.1, 0.15) is 31.9 Å². The zero-order chi connectivity index (χ0) is 16.6. The molecule has 1 heterocycles. The summed E-state index contributed by atoms with van der Waals surface area (Å²) < 4.78 is 19.3. The summed E-state index contributed by atoms with van der Waals surface area (Å²) >= 11 is 0. The number of hydrogen-bond acceptors (Lipinski definition) is 3. The molecular weight excluding hydrogens is 299 g/mol. The number of nitrogens with one attached hydrogen (secondary N) is 2. The summed E-state index contributed by atoms with van der Waals surface area (Å²) in [6.07, 6.45) is 0.0902. The van der Waals surface area contributed by atoms with Gasteiger partial charge in [0, 0.05) is 36.1 Å². The molecule has 4 atom stereocenters. The zero-order valence-corrected chi connectivity index (χ0v) is 13.4. The molecule has 0 spiro atoms. The normalized spacial score (nSPS) is 29.3. The van der Waals surface area contributed by atoms with E-state index in [-0.39, 0.29) is 35.7 Å². The van der Waals surface area contributed by atoms with Crippen molar-refractivity contribution in [2.24, 2.45) is 11.3 Å². The molecular formula is C17H23FN2O3. The van der Waals surface area contributed by atoms with Gasteiger partial charge in [-0.05, 0) is 12.5 Å². The van der Waals surface area contributed by atoms with E-state index in [0.29, 0.717) is 5.92 Å². The Kier molecular flexibility index (Phi) is 4.29. The van der Waals surface area contributed by atoms with Gasteiger partial charge in [-0.25, -0.2) is 9.18 Å². The van der Waals surface area contributed by atoms with Gasteiger partial charge in [0.05, 0.1) is 12.2 Å². The molecule has 0 bridgehead atoms. The number of halogens is 1. The Bertz CT molecular complexity index is 593. The average molecular weight is 322 g/mol. The summed E-state index contributed by atoms with van der Waals surface area (Å²) in [4.78, 5) is 12.1. The van der Waals surface area contributed by atoms with Gasteiger partial charge in [-0.1, -0.05) is 32.0 Å². The van der Waals surface area contributed by atoms with Gasteiger partial charge in [0.15, 0.2) is 0 Å². The molecule has 4 unspecified atom stereocenters. The molecule has 3 N–H and O–H groups in total. The lowest BCUT2D eigenvalue weighted by Gasteiger charge is -2.54. The number of carbonyl (C=O) groups excluding carboxylic acids is 1. The lowest BCUT2D eigenvalue weighted by atomic mass is 9.57. The quantitative estimate of drug-likeness (QED) is 0.794. The minimum Gasteiger partial charge on any atom is -0.386 e. The predicted octanol–water partition coefficient (Wildman–Crippen LogP) is 1.97. The number of fused-ring (bicyclic) bond motifs is 1. The van der Waals surface area contributed by atoms with E-state index in [9.17, 15) is 14.3 Å². The Hall–Kier alpha value is -1.66. The fraction of sp³-hybridized carbons (Fsp3) is 0.588. The highest BCUT2D eigenvalue weighted by molar-refractivity contribution is 5.74. The van der Waals surface area contributed by atoms with Crippen molar-refractivity contribution in [3.05, 3.63) is 35.6 Å². The molecule has 0 radical (unpaired) electrons. The molecule has 23 heavy (non-hydrogen) atoms. The molecule has 5 nitrogen and oxygen atoms in total. The lowest BCUT2D eigenvalue weighted by molar-refractivity contribution is -0.108.